The fourth-order valence-electron chi connectivity index (χ4n) is 3.85. The van der Waals surface area contributed by atoms with Gasteiger partial charge < -0.3 is 23.0 Å². The highest BCUT2D eigenvalue weighted by Crippen LogP contribution is 2.53. The number of rotatable bonds is 8. The molecular weight excluding hydrogens is 320 g/mol. The van der Waals surface area contributed by atoms with Gasteiger partial charge in [-0.1, -0.05) is 13.8 Å². The molecule has 25 heavy (non-hydrogen) atoms. The smallest absolute Gasteiger partial charge is 0.133 e. The van der Waals surface area contributed by atoms with Crippen molar-refractivity contribution in [3.63, 3.8) is 0 Å². The quantitative estimate of drug-likeness (QED) is 0.703. The zero-order valence-corrected chi connectivity index (χ0v) is 14.9. The van der Waals surface area contributed by atoms with E-state index in [0.29, 0.717) is 26.4 Å². The van der Waals surface area contributed by atoms with Crippen molar-refractivity contribution in [1.82, 2.24) is 0 Å². The van der Waals surface area contributed by atoms with Gasteiger partial charge in [0, 0.05) is 0 Å². The molecule has 136 valence electrons. The van der Waals surface area contributed by atoms with Crippen LogP contribution in [0.2, 0.25) is 0 Å². The van der Waals surface area contributed by atoms with Crippen molar-refractivity contribution in [3.8, 4) is 0 Å². The summed E-state index contributed by atoms with van der Waals surface area (Å²) in [6.07, 6.45) is 5.02. The first kappa shape index (κ1) is 16.9. The Hall–Kier alpha value is -1.56. The van der Waals surface area contributed by atoms with Crippen molar-refractivity contribution >= 4 is 0 Å². The summed E-state index contributed by atoms with van der Waals surface area (Å²) in [5.74, 6) is 1.71. The first-order valence-corrected chi connectivity index (χ1v) is 9.11. The molecule has 0 aromatic carbocycles. The van der Waals surface area contributed by atoms with E-state index in [9.17, 15) is 0 Å². The number of furan rings is 2. The van der Waals surface area contributed by atoms with Gasteiger partial charge in [0.15, 0.2) is 0 Å². The van der Waals surface area contributed by atoms with Gasteiger partial charge in [0.05, 0.1) is 49.8 Å². The largest absolute Gasteiger partial charge is 0.467 e. The minimum atomic E-state index is -0.166. The van der Waals surface area contributed by atoms with Crippen LogP contribution in [-0.4, -0.2) is 26.4 Å². The maximum absolute atomic E-state index is 6.79. The predicted octanol–water partition coefficient (Wildman–Crippen LogP) is 4.52. The van der Waals surface area contributed by atoms with Crippen LogP contribution in [0.5, 0.6) is 0 Å². The Labute approximate surface area is 148 Å². The Morgan fingerprint density at radius 3 is 1.52 bits per heavy atom. The van der Waals surface area contributed by atoms with Crippen LogP contribution in [-0.2, 0) is 14.2 Å². The molecule has 2 saturated heterocycles. The van der Waals surface area contributed by atoms with Crippen molar-refractivity contribution in [3.05, 3.63) is 48.3 Å². The lowest BCUT2D eigenvalue weighted by atomic mass is 9.74. The summed E-state index contributed by atoms with van der Waals surface area (Å²) in [4.78, 5) is 0. The highest BCUT2D eigenvalue weighted by atomic mass is 16.6. The third-order valence-electron chi connectivity index (χ3n) is 5.95. The van der Waals surface area contributed by atoms with Crippen molar-refractivity contribution in [2.24, 2.45) is 10.8 Å². The summed E-state index contributed by atoms with van der Waals surface area (Å²) in [5, 5.41) is 0. The van der Waals surface area contributed by atoms with Gasteiger partial charge in [0.1, 0.15) is 23.7 Å². The third-order valence-corrected chi connectivity index (χ3v) is 5.95. The van der Waals surface area contributed by atoms with Gasteiger partial charge >= 0.3 is 0 Å². The molecule has 2 atom stereocenters. The standard InChI is InChI=1S/C20H26O5/c1-3-19(11-21-12-19)17(15-7-5-9-23-15)25-18(16-8-6-10-24-16)20(4-2)13-22-14-20/h5-10,17-18H,3-4,11-14H2,1-2H3. The minimum Gasteiger partial charge on any atom is -0.467 e. The molecule has 5 nitrogen and oxygen atoms in total. The lowest BCUT2D eigenvalue weighted by Gasteiger charge is -2.50. The molecule has 0 spiro atoms. The monoisotopic (exact) mass is 346 g/mol. The Kier molecular flexibility index (Phi) is 4.48. The first-order chi connectivity index (χ1) is 12.2. The van der Waals surface area contributed by atoms with E-state index in [1.54, 1.807) is 12.5 Å². The fourth-order valence-corrected chi connectivity index (χ4v) is 3.85. The molecule has 0 saturated carbocycles. The summed E-state index contributed by atoms with van der Waals surface area (Å²) in [6, 6.07) is 7.82. The molecule has 5 heteroatoms. The van der Waals surface area contributed by atoms with Gasteiger partial charge in [-0.25, -0.2) is 0 Å². The SMILES string of the molecule is CCC1(C(OC(c2ccco2)C2(CC)COC2)c2ccco2)COC1. The van der Waals surface area contributed by atoms with E-state index in [0.717, 1.165) is 24.4 Å². The first-order valence-electron chi connectivity index (χ1n) is 9.11. The second-order valence-corrected chi connectivity index (χ2v) is 7.34. The molecule has 0 N–H and O–H groups in total. The van der Waals surface area contributed by atoms with Crippen LogP contribution >= 0.6 is 0 Å². The van der Waals surface area contributed by atoms with Gasteiger partial charge in [-0.05, 0) is 37.1 Å². The van der Waals surface area contributed by atoms with Crippen LogP contribution in [0.15, 0.2) is 45.6 Å². The number of hydrogen-bond donors (Lipinski definition) is 0. The van der Waals surface area contributed by atoms with Gasteiger partial charge in [0.25, 0.3) is 0 Å². The van der Waals surface area contributed by atoms with Crippen LogP contribution < -0.4 is 0 Å². The fraction of sp³-hybridized carbons (Fsp3) is 0.600. The van der Waals surface area contributed by atoms with Gasteiger partial charge in [0.2, 0.25) is 0 Å². The van der Waals surface area contributed by atoms with E-state index in [1.165, 1.54) is 0 Å². The number of hydrogen-bond acceptors (Lipinski definition) is 5. The average Bonchev–Trinajstić information content (AvgIpc) is 3.24. The summed E-state index contributed by atoms with van der Waals surface area (Å²) in [5.41, 5.74) is -0.107. The maximum atomic E-state index is 6.79. The lowest BCUT2D eigenvalue weighted by Crippen LogP contribution is -2.52. The van der Waals surface area contributed by atoms with Crippen LogP contribution in [0, 0.1) is 10.8 Å². The predicted molar refractivity (Wildman–Crippen MR) is 91.1 cm³/mol. The summed E-state index contributed by atoms with van der Waals surface area (Å²) >= 11 is 0. The van der Waals surface area contributed by atoms with E-state index >= 15 is 0 Å². The van der Waals surface area contributed by atoms with Gasteiger partial charge in [-0.2, -0.15) is 0 Å². The maximum Gasteiger partial charge on any atom is 0.133 e. The van der Waals surface area contributed by atoms with Crippen LogP contribution in [0.4, 0.5) is 0 Å². The zero-order valence-electron chi connectivity index (χ0n) is 14.9. The highest BCUT2D eigenvalue weighted by molar-refractivity contribution is 5.14. The van der Waals surface area contributed by atoms with Crippen molar-refractivity contribution in [2.75, 3.05) is 26.4 Å². The normalized spacial score (nSPS) is 23.4. The molecule has 4 rings (SSSR count). The third kappa shape index (κ3) is 2.75. The highest BCUT2D eigenvalue weighted by Gasteiger charge is 2.53. The Bertz CT molecular complexity index is 583. The molecule has 2 aromatic rings. The average molecular weight is 346 g/mol. The van der Waals surface area contributed by atoms with Gasteiger partial charge in [-0.3, -0.25) is 0 Å². The molecule has 0 aliphatic carbocycles. The molecule has 4 heterocycles. The topological polar surface area (TPSA) is 54.0 Å². The van der Waals surface area contributed by atoms with Gasteiger partial charge in [-0.15, -0.1) is 0 Å². The lowest BCUT2D eigenvalue weighted by molar-refractivity contribution is -0.261. The van der Waals surface area contributed by atoms with Crippen LogP contribution in [0.3, 0.4) is 0 Å². The molecule has 2 fully saturated rings. The molecule has 2 unspecified atom stereocenters. The Morgan fingerprint density at radius 2 is 1.28 bits per heavy atom. The zero-order chi connectivity index (χ0) is 17.3. The molecule has 0 radical (unpaired) electrons. The molecular formula is C20H26O5. The van der Waals surface area contributed by atoms with E-state index in [2.05, 4.69) is 13.8 Å². The molecule has 0 amide bonds. The van der Waals surface area contributed by atoms with Crippen molar-refractivity contribution < 1.29 is 23.0 Å². The summed E-state index contributed by atoms with van der Waals surface area (Å²) < 4.78 is 29.4. The van der Waals surface area contributed by atoms with Crippen LogP contribution in [0.1, 0.15) is 50.4 Å². The second kappa shape index (κ2) is 6.63. The molecule has 2 aromatic heterocycles. The van der Waals surface area contributed by atoms with Crippen molar-refractivity contribution in [2.45, 2.75) is 38.9 Å². The van der Waals surface area contributed by atoms with E-state index in [4.69, 9.17) is 23.0 Å². The second-order valence-electron chi connectivity index (χ2n) is 7.34. The Balaban J connectivity index is 1.69. The molecule has 2 aliphatic heterocycles. The van der Waals surface area contributed by atoms with Crippen molar-refractivity contribution in [1.29, 1.82) is 0 Å². The number of ether oxygens (including phenoxy) is 3. The molecule has 2 aliphatic rings. The summed E-state index contributed by atoms with van der Waals surface area (Å²) in [7, 11) is 0. The van der Waals surface area contributed by atoms with E-state index in [1.807, 2.05) is 24.3 Å². The van der Waals surface area contributed by atoms with E-state index < -0.39 is 0 Å². The van der Waals surface area contributed by atoms with E-state index in [-0.39, 0.29) is 23.0 Å². The molecule has 0 bridgehead atoms. The summed E-state index contributed by atoms with van der Waals surface area (Å²) in [6.45, 7) is 7.13. The van der Waals surface area contributed by atoms with Crippen LogP contribution in [0.25, 0.3) is 0 Å². The minimum absolute atomic E-state index is 0.0533. The Morgan fingerprint density at radius 1 is 0.840 bits per heavy atom.